The Hall–Kier alpha value is -2.93. The molecule has 1 N–H and O–H groups in total. The van der Waals surface area contributed by atoms with Crippen LogP contribution < -0.4 is 10.2 Å². The Bertz CT molecular complexity index is 1140. The number of nitrogens with zero attached hydrogens (tertiary/aromatic N) is 3. The second kappa shape index (κ2) is 8.30. The van der Waals surface area contributed by atoms with Crippen LogP contribution in [0.4, 0.5) is 10.8 Å². The molecule has 1 aromatic carbocycles. The molecule has 4 heterocycles. The van der Waals surface area contributed by atoms with E-state index in [0.29, 0.717) is 25.1 Å². The van der Waals surface area contributed by atoms with Crippen LogP contribution in [0, 0.1) is 6.92 Å². The van der Waals surface area contributed by atoms with Crippen molar-refractivity contribution in [2.24, 2.45) is 0 Å². The predicted octanol–water partition coefficient (Wildman–Crippen LogP) is 4.21. The minimum Gasteiger partial charge on any atom is -0.348 e. The molecule has 160 valence electrons. The second-order valence-corrected chi connectivity index (χ2v) is 9.35. The Labute approximate surface area is 185 Å². The van der Waals surface area contributed by atoms with Crippen LogP contribution in [0.1, 0.15) is 52.1 Å². The maximum atomic E-state index is 13.1. The number of carbonyl (C=O) groups is 2. The van der Waals surface area contributed by atoms with Crippen LogP contribution in [0.2, 0.25) is 0 Å². The van der Waals surface area contributed by atoms with E-state index in [-0.39, 0.29) is 11.7 Å². The number of benzene rings is 1. The molecule has 2 aromatic heterocycles. The molecule has 2 aliphatic heterocycles. The molecule has 0 spiro atoms. The first kappa shape index (κ1) is 20.0. The number of ketones is 1. The summed E-state index contributed by atoms with van der Waals surface area (Å²) in [5.41, 5.74) is 5.53. The number of aromatic nitrogens is 2. The van der Waals surface area contributed by atoms with Crippen molar-refractivity contribution in [3.05, 3.63) is 63.9 Å². The summed E-state index contributed by atoms with van der Waals surface area (Å²) in [4.78, 5) is 31.9. The summed E-state index contributed by atoms with van der Waals surface area (Å²) in [5, 5.41) is 6.04. The van der Waals surface area contributed by atoms with Crippen molar-refractivity contribution in [3.63, 3.8) is 0 Å². The number of amides is 1. The molecule has 0 aliphatic carbocycles. The van der Waals surface area contributed by atoms with E-state index < -0.39 is 0 Å². The molecule has 0 radical (unpaired) electrons. The molecule has 1 saturated heterocycles. The largest absolute Gasteiger partial charge is 0.348 e. The third kappa shape index (κ3) is 4.28. The van der Waals surface area contributed by atoms with Gasteiger partial charge in [0.05, 0.1) is 24.4 Å². The van der Waals surface area contributed by atoms with Gasteiger partial charge in [-0.05, 0) is 55.0 Å². The van der Waals surface area contributed by atoms with Crippen LogP contribution in [-0.4, -0.2) is 34.3 Å². The molecule has 0 bridgehead atoms. The van der Waals surface area contributed by atoms with Gasteiger partial charge in [-0.3, -0.25) is 9.59 Å². The van der Waals surface area contributed by atoms with E-state index in [0.717, 1.165) is 46.3 Å². The minimum absolute atomic E-state index is 0.00941. The molecule has 3 aromatic rings. The average Bonchev–Trinajstić information content (AvgIpc) is 3.46. The maximum Gasteiger partial charge on any atom is 0.228 e. The molecule has 1 amide bonds. The lowest BCUT2D eigenvalue weighted by molar-refractivity contribution is -0.115. The van der Waals surface area contributed by atoms with Gasteiger partial charge in [0.1, 0.15) is 0 Å². The number of fused-ring (bicyclic) bond motifs is 1. The smallest absolute Gasteiger partial charge is 0.228 e. The highest BCUT2D eigenvalue weighted by Gasteiger charge is 2.20. The summed E-state index contributed by atoms with van der Waals surface area (Å²) >= 11 is 1.69. The Morgan fingerprint density at radius 3 is 2.87 bits per heavy atom. The number of aryl methyl sites for hydroxylation is 1. The molecule has 0 unspecified atom stereocenters. The van der Waals surface area contributed by atoms with E-state index in [2.05, 4.69) is 15.6 Å². The molecule has 2 aliphatic rings. The summed E-state index contributed by atoms with van der Waals surface area (Å²) in [5.74, 6) is 0.0898. The number of nitrogens with one attached hydrogen (secondary N) is 1. The Balaban J connectivity index is 1.31. The van der Waals surface area contributed by atoms with Gasteiger partial charge < -0.3 is 14.8 Å². The molecule has 6 nitrogen and oxygen atoms in total. The predicted molar refractivity (Wildman–Crippen MR) is 123 cm³/mol. The van der Waals surface area contributed by atoms with Crippen molar-refractivity contribution in [3.8, 4) is 0 Å². The zero-order valence-electron chi connectivity index (χ0n) is 17.7. The minimum atomic E-state index is 0.00941. The number of rotatable bonds is 6. The summed E-state index contributed by atoms with van der Waals surface area (Å²) in [7, 11) is 0. The van der Waals surface area contributed by atoms with Crippen molar-refractivity contribution in [2.75, 3.05) is 23.3 Å². The van der Waals surface area contributed by atoms with E-state index in [1.54, 1.807) is 11.3 Å². The lowest BCUT2D eigenvalue weighted by atomic mass is 10.0. The quantitative estimate of drug-likeness (QED) is 0.590. The highest BCUT2D eigenvalue weighted by atomic mass is 32.1. The van der Waals surface area contributed by atoms with E-state index in [9.17, 15) is 9.59 Å². The van der Waals surface area contributed by atoms with Gasteiger partial charge in [-0.1, -0.05) is 12.1 Å². The van der Waals surface area contributed by atoms with Crippen LogP contribution in [0.5, 0.6) is 0 Å². The number of hydrogen-bond acceptors (Lipinski definition) is 5. The fourth-order valence-electron chi connectivity index (χ4n) is 4.47. The van der Waals surface area contributed by atoms with Crippen molar-refractivity contribution >= 4 is 33.8 Å². The summed E-state index contributed by atoms with van der Waals surface area (Å²) < 4.78 is 2.02. The van der Waals surface area contributed by atoms with Gasteiger partial charge in [0.2, 0.25) is 5.91 Å². The fourth-order valence-corrected chi connectivity index (χ4v) is 5.34. The van der Waals surface area contributed by atoms with Gasteiger partial charge in [-0.2, -0.15) is 0 Å². The number of piperidine rings is 1. The molecule has 0 atom stereocenters. The number of thiazole rings is 1. The van der Waals surface area contributed by atoms with Gasteiger partial charge in [-0.25, -0.2) is 4.98 Å². The average molecular weight is 435 g/mol. The SMILES string of the molecule is Cc1cc(C(=O)Cc2ccc3c(c2)CC(=O)N3)n(Cc2csc(N3CCCCC3)n2)c1. The Kier molecular flexibility index (Phi) is 5.36. The van der Waals surface area contributed by atoms with Crippen LogP contribution in [-0.2, 0) is 24.2 Å². The number of carbonyl (C=O) groups excluding carboxylic acids is 2. The van der Waals surface area contributed by atoms with Gasteiger partial charge in [0.25, 0.3) is 0 Å². The highest BCUT2D eigenvalue weighted by Crippen LogP contribution is 2.26. The lowest BCUT2D eigenvalue weighted by Crippen LogP contribution is -2.29. The molecule has 0 saturated carbocycles. The zero-order chi connectivity index (χ0) is 21.4. The fraction of sp³-hybridized carbons (Fsp3) is 0.375. The van der Waals surface area contributed by atoms with Crippen LogP contribution >= 0.6 is 11.3 Å². The van der Waals surface area contributed by atoms with E-state index in [1.165, 1.54) is 19.3 Å². The Morgan fingerprint density at radius 1 is 1.19 bits per heavy atom. The monoisotopic (exact) mass is 434 g/mol. The van der Waals surface area contributed by atoms with E-state index in [1.807, 2.05) is 42.0 Å². The molecule has 5 rings (SSSR count). The first-order chi connectivity index (χ1) is 15.0. The summed E-state index contributed by atoms with van der Waals surface area (Å²) in [6.07, 6.45) is 6.50. The van der Waals surface area contributed by atoms with Gasteiger partial charge in [-0.15, -0.1) is 11.3 Å². The van der Waals surface area contributed by atoms with Crippen molar-refractivity contribution < 1.29 is 9.59 Å². The third-order valence-corrected chi connectivity index (χ3v) is 6.93. The molecular weight excluding hydrogens is 408 g/mol. The lowest BCUT2D eigenvalue weighted by Gasteiger charge is -2.25. The summed E-state index contributed by atoms with van der Waals surface area (Å²) in [6, 6.07) is 7.74. The number of hydrogen-bond donors (Lipinski definition) is 1. The molecular formula is C24H26N4O2S. The Morgan fingerprint density at radius 2 is 2.03 bits per heavy atom. The van der Waals surface area contributed by atoms with Gasteiger partial charge in [0.15, 0.2) is 10.9 Å². The van der Waals surface area contributed by atoms with Crippen molar-refractivity contribution in [2.45, 2.75) is 45.6 Å². The third-order valence-electron chi connectivity index (χ3n) is 5.98. The second-order valence-electron chi connectivity index (χ2n) is 8.52. The highest BCUT2D eigenvalue weighted by molar-refractivity contribution is 7.13. The number of Topliss-reactive ketones (excluding diaryl/α,β-unsaturated/α-hetero) is 1. The standard InChI is InChI=1S/C24H26N4O2S/c1-16-9-21(22(29)11-17-5-6-20-18(10-17)12-23(30)26-20)28(13-16)14-19-15-31-24(25-19)27-7-3-2-4-8-27/h5-6,9-10,13,15H,2-4,7-8,11-12,14H2,1H3,(H,26,30). The topological polar surface area (TPSA) is 67.2 Å². The van der Waals surface area contributed by atoms with Crippen molar-refractivity contribution in [1.82, 2.24) is 9.55 Å². The van der Waals surface area contributed by atoms with E-state index in [4.69, 9.17) is 4.98 Å². The molecule has 1 fully saturated rings. The zero-order valence-corrected chi connectivity index (χ0v) is 18.5. The normalized spacial score (nSPS) is 15.8. The van der Waals surface area contributed by atoms with Gasteiger partial charge in [0, 0.05) is 36.8 Å². The van der Waals surface area contributed by atoms with Crippen LogP contribution in [0.15, 0.2) is 35.8 Å². The molecule has 31 heavy (non-hydrogen) atoms. The summed E-state index contributed by atoms with van der Waals surface area (Å²) in [6.45, 7) is 4.78. The first-order valence-electron chi connectivity index (χ1n) is 10.9. The van der Waals surface area contributed by atoms with Crippen LogP contribution in [0.25, 0.3) is 0 Å². The maximum absolute atomic E-state index is 13.1. The van der Waals surface area contributed by atoms with Crippen LogP contribution in [0.3, 0.4) is 0 Å². The van der Waals surface area contributed by atoms with Crippen molar-refractivity contribution in [1.29, 1.82) is 0 Å². The van der Waals surface area contributed by atoms with E-state index >= 15 is 0 Å². The number of anilines is 2. The molecule has 7 heteroatoms. The van der Waals surface area contributed by atoms with Gasteiger partial charge >= 0.3 is 0 Å². The first-order valence-corrected chi connectivity index (χ1v) is 11.7.